The minimum absolute atomic E-state index is 0.151. The molecule has 2 rings (SSSR count). The predicted molar refractivity (Wildman–Crippen MR) is 89.5 cm³/mol. The van der Waals surface area contributed by atoms with E-state index < -0.39 is 5.97 Å². The number of methoxy groups -OCH3 is 1. The molecule has 0 aromatic heterocycles. The molecule has 1 heterocycles. The largest absolute Gasteiger partial charge is 0.483 e. The van der Waals surface area contributed by atoms with Gasteiger partial charge in [0.1, 0.15) is 5.75 Å². The van der Waals surface area contributed by atoms with Crippen LogP contribution in [0.2, 0.25) is 0 Å². The molecule has 1 atom stereocenters. The maximum atomic E-state index is 12.2. The molecule has 1 fully saturated rings. The fourth-order valence-electron chi connectivity index (χ4n) is 2.53. The highest BCUT2D eigenvalue weighted by Crippen LogP contribution is 2.26. The summed E-state index contributed by atoms with van der Waals surface area (Å²) in [7, 11) is 1.30. The third kappa shape index (κ3) is 4.47. The van der Waals surface area contributed by atoms with E-state index in [1.54, 1.807) is 23.1 Å². The zero-order valence-corrected chi connectivity index (χ0v) is 14.9. The number of nitrogens with two attached hydrogens (primary N) is 1. The second kappa shape index (κ2) is 8.14. The molecule has 0 unspecified atom stereocenters. The number of esters is 1. The molecule has 0 spiro atoms. The highest BCUT2D eigenvalue weighted by molar-refractivity contribution is 9.10. The summed E-state index contributed by atoms with van der Waals surface area (Å²) in [5, 5.41) is 0. The van der Waals surface area contributed by atoms with Gasteiger partial charge >= 0.3 is 5.97 Å². The first-order valence-electron chi connectivity index (χ1n) is 7.50. The third-order valence-corrected chi connectivity index (χ3v) is 4.50. The van der Waals surface area contributed by atoms with E-state index in [-0.39, 0.29) is 24.3 Å². The first-order valence-corrected chi connectivity index (χ1v) is 8.29. The van der Waals surface area contributed by atoms with Crippen molar-refractivity contribution >= 4 is 33.7 Å². The van der Waals surface area contributed by atoms with Crippen LogP contribution in [0.4, 0.5) is 0 Å². The van der Waals surface area contributed by atoms with Crippen molar-refractivity contribution in [3.63, 3.8) is 0 Å². The molecule has 1 aromatic carbocycles. The van der Waals surface area contributed by atoms with Crippen molar-refractivity contribution in [3.8, 4) is 5.75 Å². The first-order chi connectivity index (χ1) is 11.4. The number of carbonyl (C=O) groups is 3. The minimum Gasteiger partial charge on any atom is -0.483 e. The Labute approximate surface area is 148 Å². The average molecular weight is 399 g/mol. The van der Waals surface area contributed by atoms with Gasteiger partial charge in [-0.2, -0.15) is 0 Å². The molecule has 24 heavy (non-hydrogen) atoms. The van der Waals surface area contributed by atoms with Gasteiger partial charge in [0.2, 0.25) is 5.91 Å². The molecular weight excluding hydrogens is 380 g/mol. The van der Waals surface area contributed by atoms with E-state index >= 15 is 0 Å². The fraction of sp³-hybridized carbons (Fsp3) is 0.438. The van der Waals surface area contributed by atoms with E-state index in [9.17, 15) is 14.4 Å². The molecule has 2 amide bonds. The molecule has 1 saturated heterocycles. The van der Waals surface area contributed by atoms with Crippen LogP contribution in [0.1, 0.15) is 23.2 Å². The number of piperidine rings is 1. The molecule has 0 aliphatic carbocycles. The number of rotatable bonds is 5. The Kier molecular flexibility index (Phi) is 6.19. The summed E-state index contributed by atoms with van der Waals surface area (Å²) in [6.07, 6.45) is 1.46. The van der Waals surface area contributed by atoms with Gasteiger partial charge in [0, 0.05) is 13.1 Å². The van der Waals surface area contributed by atoms with Gasteiger partial charge in [-0.25, -0.2) is 4.79 Å². The SMILES string of the molecule is COC(=O)c1ccc(OCC(=O)N2CCC[C@@H](C(N)=O)C2)c(Br)c1. The van der Waals surface area contributed by atoms with Crippen LogP contribution in [-0.2, 0) is 14.3 Å². The van der Waals surface area contributed by atoms with Gasteiger partial charge in [-0.15, -0.1) is 0 Å². The lowest BCUT2D eigenvalue weighted by molar-refractivity contribution is -0.136. The van der Waals surface area contributed by atoms with Gasteiger partial charge in [0.25, 0.3) is 5.91 Å². The van der Waals surface area contributed by atoms with Gasteiger partial charge in [-0.3, -0.25) is 9.59 Å². The van der Waals surface area contributed by atoms with Crippen LogP contribution in [0, 0.1) is 5.92 Å². The number of nitrogens with zero attached hydrogens (tertiary/aromatic N) is 1. The molecule has 0 radical (unpaired) electrons. The summed E-state index contributed by atoms with van der Waals surface area (Å²) >= 11 is 3.30. The average Bonchev–Trinajstić information content (AvgIpc) is 2.59. The molecule has 130 valence electrons. The Balaban J connectivity index is 1.94. The Morgan fingerprint density at radius 3 is 2.75 bits per heavy atom. The second-order valence-electron chi connectivity index (χ2n) is 5.51. The van der Waals surface area contributed by atoms with Crippen molar-refractivity contribution in [2.24, 2.45) is 11.7 Å². The van der Waals surface area contributed by atoms with Crippen molar-refractivity contribution in [1.29, 1.82) is 0 Å². The molecule has 1 aliphatic rings. The molecule has 1 aromatic rings. The van der Waals surface area contributed by atoms with Crippen molar-refractivity contribution in [2.45, 2.75) is 12.8 Å². The number of amides is 2. The van der Waals surface area contributed by atoms with E-state index in [4.69, 9.17) is 10.5 Å². The Hall–Kier alpha value is -2.09. The van der Waals surface area contributed by atoms with Gasteiger partial charge < -0.3 is 20.1 Å². The Morgan fingerprint density at radius 2 is 2.12 bits per heavy atom. The van der Waals surface area contributed by atoms with Gasteiger partial charge in [0.05, 0.1) is 23.1 Å². The number of hydrogen-bond donors (Lipinski definition) is 1. The van der Waals surface area contributed by atoms with E-state index in [0.29, 0.717) is 35.3 Å². The maximum Gasteiger partial charge on any atom is 0.337 e. The van der Waals surface area contributed by atoms with Crippen LogP contribution in [0.5, 0.6) is 5.75 Å². The quantitative estimate of drug-likeness (QED) is 0.754. The predicted octanol–water partition coefficient (Wildman–Crippen LogP) is 1.34. The maximum absolute atomic E-state index is 12.2. The van der Waals surface area contributed by atoms with E-state index in [1.165, 1.54) is 7.11 Å². The molecule has 8 heteroatoms. The zero-order chi connectivity index (χ0) is 17.7. The molecule has 7 nitrogen and oxygen atoms in total. The lowest BCUT2D eigenvalue weighted by atomic mass is 9.97. The van der Waals surface area contributed by atoms with E-state index in [1.807, 2.05) is 0 Å². The molecular formula is C16H19BrN2O5. The molecule has 0 saturated carbocycles. The smallest absolute Gasteiger partial charge is 0.337 e. The van der Waals surface area contributed by atoms with Crippen molar-refractivity contribution in [2.75, 3.05) is 26.8 Å². The van der Waals surface area contributed by atoms with Crippen molar-refractivity contribution < 1.29 is 23.9 Å². The fourth-order valence-corrected chi connectivity index (χ4v) is 3.02. The van der Waals surface area contributed by atoms with E-state index in [0.717, 1.165) is 6.42 Å². The zero-order valence-electron chi connectivity index (χ0n) is 13.3. The lowest BCUT2D eigenvalue weighted by Gasteiger charge is -2.31. The number of hydrogen-bond acceptors (Lipinski definition) is 5. The van der Waals surface area contributed by atoms with Crippen LogP contribution in [0.3, 0.4) is 0 Å². The topological polar surface area (TPSA) is 98.9 Å². The lowest BCUT2D eigenvalue weighted by Crippen LogP contribution is -2.45. The second-order valence-corrected chi connectivity index (χ2v) is 6.36. The normalized spacial score (nSPS) is 17.2. The van der Waals surface area contributed by atoms with Gasteiger partial charge in [0.15, 0.2) is 6.61 Å². The third-order valence-electron chi connectivity index (χ3n) is 3.88. The summed E-state index contributed by atoms with van der Waals surface area (Å²) in [4.78, 5) is 36.5. The summed E-state index contributed by atoms with van der Waals surface area (Å²) in [6.45, 7) is 0.774. The van der Waals surface area contributed by atoms with Gasteiger partial charge in [-0.1, -0.05) is 0 Å². The number of primary amides is 1. The molecule has 1 aliphatic heterocycles. The van der Waals surface area contributed by atoms with Crippen LogP contribution in [0.25, 0.3) is 0 Å². The number of halogens is 1. The summed E-state index contributed by atoms with van der Waals surface area (Å²) in [5.41, 5.74) is 5.69. The van der Waals surface area contributed by atoms with Crippen LogP contribution in [0.15, 0.2) is 22.7 Å². The summed E-state index contributed by atoms with van der Waals surface area (Å²) < 4.78 is 10.7. The van der Waals surface area contributed by atoms with E-state index in [2.05, 4.69) is 20.7 Å². The minimum atomic E-state index is -0.455. The summed E-state index contributed by atoms with van der Waals surface area (Å²) in [6, 6.07) is 4.71. The summed E-state index contributed by atoms with van der Waals surface area (Å²) in [5.74, 6) is -0.892. The number of ether oxygens (including phenoxy) is 2. The molecule has 2 N–H and O–H groups in total. The van der Waals surface area contributed by atoms with Crippen LogP contribution < -0.4 is 10.5 Å². The highest BCUT2D eigenvalue weighted by atomic mass is 79.9. The van der Waals surface area contributed by atoms with Crippen molar-refractivity contribution in [3.05, 3.63) is 28.2 Å². The molecule has 0 bridgehead atoms. The van der Waals surface area contributed by atoms with Crippen LogP contribution >= 0.6 is 15.9 Å². The van der Waals surface area contributed by atoms with Crippen molar-refractivity contribution in [1.82, 2.24) is 4.90 Å². The first kappa shape index (κ1) is 18.3. The standard InChI is InChI=1S/C16H19BrN2O5/c1-23-16(22)10-4-5-13(12(17)7-10)24-9-14(20)19-6-2-3-11(8-19)15(18)21/h4-5,7,11H,2-3,6,8-9H2,1H3,(H2,18,21)/t11-/m1/s1. The number of carbonyl (C=O) groups excluding carboxylic acids is 3. The highest BCUT2D eigenvalue weighted by Gasteiger charge is 2.27. The Morgan fingerprint density at radius 1 is 1.38 bits per heavy atom. The number of benzene rings is 1. The van der Waals surface area contributed by atoms with Gasteiger partial charge in [-0.05, 0) is 47.0 Å². The number of likely N-dealkylation sites (tertiary alicyclic amines) is 1. The Bertz CT molecular complexity index is 649. The van der Waals surface area contributed by atoms with Crippen LogP contribution in [-0.4, -0.2) is 49.5 Å². The monoisotopic (exact) mass is 398 g/mol.